The number of hydrogen-bond acceptors (Lipinski definition) is 5. The molecule has 0 heterocycles. The fourth-order valence-corrected chi connectivity index (χ4v) is 1.82. The molecule has 0 aliphatic rings. The van der Waals surface area contributed by atoms with E-state index in [2.05, 4.69) is 5.32 Å². The van der Waals surface area contributed by atoms with E-state index in [1.807, 2.05) is 0 Å². The van der Waals surface area contributed by atoms with Gasteiger partial charge >= 0.3 is 0 Å². The Kier molecular flexibility index (Phi) is 5.53. The summed E-state index contributed by atoms with van der Waals surface area (Å²) in [6.45, 7) is 1.81. The Bertz CT molecular complexity index is 543. The van der Waals surface area contributed by atoms with Gasteiger partial charge in [-0.05, 0) is 25.1 Å². The molecule has 7 N–H and O–H groups in total. The largest absolute Gasteiger partial charge is 0.397 e. The summed E-state index contributed by atoms with van der Waals surface area (Å²) in [7, 11) is 0. The molecule has 0 aliphatic carbocycles. The summed E-state index contributed by atoms with van der Waals surface area (Å²) in [4.78, 5) is 35.4. The Balaban J connectivity index is 3.16. The van der Waals surface area contributed by atoms with Crippen LogP contribution in [-0.2, 0) is 9.59 Å². The van der Waals surface area contributed by atoms with Crippen LogP contribution in [0.25, 0.3) is 0 Å². The quantitative estimate of drug-likeness (QED) is 0.466. The minimum atomic E-state index is -0.640. The lowest BCUT2D eigenvalue weighted by Gasteiger charge is -2.23. The van der Waals surface area contributed by atoms with Gasteiger partial charge in [-0.3, -0.25) is 14.4 Å². The molecule has 3 amide bonds. The van der Waals surface area contributed by atoms with Gasteiger partial charge in [0.05, 0.1) is 24.5 Å². The van der Waals surface area contributed by atoms with E-state index in [1.54, 1.807) is 13.0 Å². The van der Waals surface area contributed by atoms with Crippen LogP contribution in [-0.4, -0.2) is 37.4 Å². The average Bonchev–Trinajstić information content (AvgIpc) is 2.37. The summed E-state index contributed by atoms with van der Waals surface area (Å²) < 4.78 is 0. The summed E-state index contributed by atoms with van der Waals surface area (Å²) in [6.07, 6.45) is 0. The molecule has 1 aromatic carbocycles. The maximum absolute atomic E-state index is 11.8. The van der Waals surface area contributed by atoms with Gasteiger partial charge in [-0.15, -0.1) is 0 Å². The van der Waals surface area contributed by atoms with Crippen LogP contribution in [0.3, 0.4) is 0 Å². The van der Waals surface area contributed by atoms with E-state index in [0.29, 0.717) is 23.5 Å². The van der Waals surface area contributed by atoms with E-state index in [4.69, 9.17) is 17.2 Å². The minimum Gasteiger partial charge on any atom is -0.397 e. The molecule has 21 heavy (non-hydrogen) atoms. The maximum atomic E-state index is 11.8. The highest BCUT2D eigenvalue weighted by molar-refractivity contribution is 5.97. The second-order valence-electron chi connectivity index (χ2n) is 4.42. The molecule has 0 spiro atoms. The van der Waals surface area contributed by atoms with E-state index in [0.717, 1.165) is 0 Å². The highest BCUT2D eigenvalue weighted by Gasteiger charge is 2.17. The van der Waals surface area contributed by atoms with Gasteiger partial charge in [0.15, 0.2) is 0 Å². The van der Waals surface area contributed by atoms with Crippen molar-refractivity contribution >= 4 is 29.1 Å². The van der Waals surface area contributed by atoms with E-state index >= 15 is 0 Å². The number of benzene rings is 1. The van der Waals surface area contributed by atoms with Crippen LogP contribution >= 0.6 is 0 Å². The van der Waals surface area contributed by atoms with Crippen molar-refractivity contribution in [1.82, 2.24) is 5.32 Å². The van der Waals surface area contributed by atoms with Crippen molar-refractivity contribution in [3.05, 3.63) is 23.8 Å². The van der Waals surface area contributed by atoms with Gasteiger partial charge in [-0.25, -0.2) is 0 Å². The third-order valence-corrected chi connectivity index (χ3v) is 2.66. The minimum absolute atomic E-state index is 0.230. The number of nitrogens with one attached hydrogen (secondary N) is 1. The predicted molar refractivity (Wildman–Crippen MR) is 79.5 cm³/mol. The van der Waals surface area contributed by atoms with E-state index in [1.165, 1.54) is 17.0 Å². The molecule has 0 saturated carbocycles. The summed E-state index contributed by atoms with van der Waals surface area (Å²) in [5, 5.41) is 2.65. The Hall–Kier alpha value is -2.77. The zero-order valence-corrected chi connectivity index (χ0v) is 11.8. The lowest BCUT2D eigenvalue weighted by Crippen LogP contribution is -2.40. The molecule has 0 bridgehead atoms. The van der Waals surface area contributed by atoms with Gasteiger partial charge in [0.2, 0.25) is 11.8 Å². The first-order valence-corrected chi connectivity index (χ1v) is 6.34. The van der Waals surface area contributed by atoms with Crippen molar-refractivity contribution in [2.24, 2.45) is 11.5 Å². The Morgan fingerprint density at radius 1 is 1.14 bits per heavy atom. The summed E-state index contributed by atoms with van der Waals surface area (Å²) in [6, 6.07) is 4.57. The van der Waals surface area contributed by atoms with Gasteiger partial charge < -0.3 is 27.4 Å². The topological polar surface area (TPSA) is 145 Å². The fourth-order valence-electron chi connectivity index (χ4n) is 1.82. The van der Waals surface area contributed by atoms with Crippen molar-refractivity contribution in [1.29, 1.82) is 0 Å². The van der Waals surface area contributed by atoms with E-state index in [-0.39, 0.29) is 19.0 Å². The second kappa shape index (κ2) is 7.13. The molecule has 0 unspecified atom stereocenters. The molecular formula is C13H19N5O3. The van der Waals surface area contributed by atoms with Crippen LogP contribution in [0.15, 0.2) is 18.2 Å². The molecule has 114 valence electrons. The smallest absolute Gasteiger partial charge is 0.251 e. The number of amides is 3. The number of nitrogen functional groups attached to an aromatic ring is 1. The lowest BCUT2D eigenvalue weighted by molar-refractivity contribution is -0.117. The number of hydrogen-bond donors (Lipinski definition) is 4. The highest BCUT2D eigenvalue weighted by Crippen LogP contribution is 2.24. The standard InChI is InChI=1S/C13H19N5O3/c1-2-17-13(21)8-3-4-9(14)10(5-8)18(6-11(15)19)7-12(16)20/h3-5H,2,6-7,14H2,1H3,(H2,15,19)(H2,16,20)(H,17,21). The number of carbonyl (C=O) groups excluding carboxylic acids is 3. The average molecular weight is 293 g/mol. The van der Waals surface area contributed by atoms with Crippen LogP contribution in [0.1, 0.15) is 17.3 Å². The van der Waals surface area contributed by atoms with Gasteiger partial charge in [0.25, 0.3) is 5.91 Å². The summed E-state index contributed by atoms with van der Waals surface area (Å²) in [5.41, 5.74) is 17.2. The molecule has 8 nitrogen and oxygen atoms in total. The van der Waals surface area contributed by atoms with E-state index in [9.17, 15) is 14.4 Å². The third-order valence-electron chi connectivity index (χ3n) is 2.66. The molecule has 0 saturated heterocycles. The molecule has 1 aromatic rings. The molecule has 0 atom stereocenters. The van der Waals surface area contributed by atoms with Crippen molar-refractivity contribution in [2.45, 2.75) is 6.92 Å². The third kappa shape index (κ3) is 4.68. The monoisotopic (exact) mass is 293 g/mol. The van der Waals surface area contributed by atoms with Crippen molar-refractivity contribution in [2.75, 3.05) is 30.3 Å². The molecule has 0 fully saturated rings. The number of nitrogens with two attached hydrogens (primary N) is 3. The number of rotatable bonds is 7. The van der Waals surface area contributed by atoms with Crippen LogP contribution in [0.4, 0.5) is 11.4 Å². The molecule has 0 radical (unpaired) electrons. The highest BCUT2D eigenvalue weighted by atomic mass is 16.2. The second-order valence-corrected chi connectivity index (χ2v) is 4.42. The molecule has 8 heteroatoms. The van der Waals surface area contributed by atoms with Crippen LogP contribution in [0.5, 0.6) is 0 Å². The van der Waals surface area contributed by atoms with Crippen LogP contribution in [0, 0.1) is 0 Å². The van der Waals surface area contributed by atoms with Crippen LogP contribution < -0.4 is 27.4 Å². The molecule has 1 rings (SSSR count). The SMILES string of the molecule is CCNC(=O)c1ccc(N)c(N(CC(N)=O)CC(N)=O)c1. The Morgan fingerprint density at radius 2 is 1.71 bits per heavy atom. The van der Waals surface area contributed by atoms with Gasteiger partial charge in [-0.2, -0.15) is 0 Å². The van der Waals surface area contributed by atoms with Crippen LogP contribution in [0.2, 0.25) is 0 Å². The van der Waals surface area contributed by atoms with Crippen molar-refractivity contribution in [3.63, 3.8) is 0 Å². The number of primary amides is 2. The Labute approximate surface area is 122 Å². The first-order valence-electron chi connectivity index (χ1n) is 6.34. The first kappa shape index (κ1) is 16.3. The zero-order valence-electron chi connectivity index (χ0n) is 11.8. The van der Waals surface area contributed by atoms with Crippen molar-refractivity contribution in [3.8, 4) is 0 Å². The molecule has 0 aromatic heterocycles. The normalized spacial score (nSPS) is 9.95. The Morgan fingerprint density at radius 3 is 2.19 bits per heavy atom. The van der Waals surface area contributed by atoms with E-state index < -0.39 is 11.8 Å². The van der Waals surface area contributed by atoms with Crippen molar-refractivity contribution < 1.29 is 14.4 Å². The summed E-state index contributed by atoms with van der Waals surface area (Å²) >= 11 is 0. The number of anilines is 2. The lowest BCUT2D eigenvalue weighted by atomic mass is 10.1. The van der Waals surface area contributed by atoms with Gasteiger partial charge in [0.1, 0.15) is 0 Å². The first-order chi connectivity index (χ1) is 9.85. The number of nitrogens with zero attached hydrogens (tertiary/aromatic N) is 1. The molecular weight excluding hydrogens is 274 g/mol. The summed E-state index contributed by atoms with van der Waals surface area (Å²) in [5.74, 6) is -1.56. The zero-order chi connectivity index (χ0) is 16.0. The maximum Gasteiger partial charge on any atom is 0.251 e. The predicted octanol–water partition coefficient (Wildman–Crippen LogP) is -1.20. The van der Waals surface area contributed by atoms with Gasteiger partial charge in [0, 0.05) is 12.1 Å². The fraction of sp³-hybridized carbons (Fsp3) is 0.308. The number of carbonyl (C=O) groups is 3. The van der Waals surface area contributed by atoms with Gasteiger partial charge in [-0.1, -0.05) is 0 Å². The molecule has 0 aliphatic heterocycles.